The molecule has 1 amide bonds. The van der Waals surface area contributed by atoms with Crippen molar-refractivity contribution in [3.63, 3.8) is 0 Å². The molecule has 0 radical (unpaired) electrons. The van der Waals surface area contributed by atoms with Gasteiger partial charge in [-0.25, -0.2) is 4.98 Å². The number of benzene rings is 3. The van der Waals surface area contributed by atoms with E-state index in [1.807, 2.05) is 96.4 Å². The molecule has 2 aromatic heterocycles. The van der Waals surface area contributed by atoms with E-state index in [0.717, 1.165) is 39.7 Å². The van der Waals surface area contributed by atoms with Gasteiger partial charge in [-0.1, -0.05) is 29.8 Å². The van der Waals surface area contributed by atoms with Crippen LogP contribution in [0.2, 0.25) is 0 Å². The highest BCUT2D eigenvalue weighted by atomic mass is 16.1. The Bertz CT molecular complexity index is 1520. The highest BCUT2D eigenvalue weighted by molar-refractivity contribution is 6.04. The molecule has 7 nitrogen and oxygen atoms in total. The molecule has 5 aromatic rings. The summed E-state index contributed by atoms with van der Waals surface area (Å²) in [6.45, 7) is 1.99. The number of aryl methyl sites for hydroxylation is 1. The van der Waals surface area contributed by atoms with E-state index in [-0.39, 0.29) is 5.91 Å². The third-order valence-corrected chi connectivity index (χ3v) is 5.83. The molecule has 1 aliphatic rings. The molecule has 6 rings (SSSR count). The molecule has 7 heteroatoms. The summed E-state index contributed by atoms with van der Waals surface area (Å²) >= 11 is 0. The van der Waals surface area contributed by atoms with Gasteiger partial charge in [0.2, 0.25) is 0 Å². The average Bonchev–Trinajstić information content (AvgIpc) is 3.24. The molecule has 3 heterocycles. The fourth-order valence-corrected chi connectivity index (χ4v) is 4.07. The summed E-state index contributed by atoms with van der Waals surface area (Å²) in [7, 11) is 0. The number of hydrogen-bond donors (Lipinski definition) is 2. The van der Waals surface area contributed by atoms with Crippen molar-refractivity contribution < 1.29 is 4.79 Å². The Balaban J connectivity index is 1.37. The third-order valence-electron chi connectivity index (χ3n) is 5.83. The maximum atomic E-state index is 12.6. The van der Waals surface area contributed by atoms with Crippen LogP contribution in [0, 0.1) is 6.92 Å². The zero-order chi connectivity index (χ0) is 23.1. The van der Waals surface area contributed by atoms with Crippen molar-refractivity contribution in [2.75, 3.05) is 10.6 Å². The number of hydrogen-bond acceptors (Lipinski definition) is 5. The van der Waals surface area contributed by atoms with Crippen LogP contribution < -0.4 is 10.6 Å². The lowest BCUT2D eigenvalue weighted by Crippen LogP contribution is -2.11. The van der Waals surface area contributed by atoms with E-state index >= 15 is 0 Å². The van der Waals surface area contributed by atoms with E-state index in [4.69, 9.17) is 0 Å². The van der Waals surface area contributed by atoms with Gasteiger partial charge in [0.1, 0.15) is 0 Å². The van der Waals surface area contributed by atoms with E-state index in [2.05, 4.69) is 25.8 Å². The first-order chi connectivity index (χ1) is 16.7. The lowest BCUT2D eigenvalue weighted by Gasteiger charge is -2.11. The van der Waals surface area contributed by atoms with E-state index in [9.17, 15) is 4.79 Å². The Hall–Kier alpha value is -4.78. The second-order valence-electron chi connectivity index (χ2n) is 8.12. The van der Waals surface area contributed by atoms with Gasteiger partial charge >= 0.3 is 0 Å². The highest BCUT2D eigenvalue weighted by Crippen LogP contribution is 2.39. The molecular formula is C27H20N6O. The summed E-state index contributed by atoms with van der Waals surface area (Å²) in [5.41, 5.74) is 6.05. The Morgan fingerprint density at radius 1 is 0.853 bits per heavy atom. The van der Waals surface area contributed by atoms with Crippen LogP contribution in [0.4, 0.5) is 17.2 Å². The van der Waals surface area contributed by atoms with Crippen molar-refractivity contribution in [2.45, 2.75) is 6.92 Å². The van der Waals surface area contributed by atoms with Crippen LogP contribution in [0.25, 0.3) is 28.5 Å². The molecule has 0 bridgehead atoms. The van der Waals surface area contributed by atoms with Crippen molar-refractivity contribution in [1.29, 1.82) is 0 Å². The van der Waals surface area contributed by atoms with Gasteiger partial charge in [0.05, 0.1) is 11.4 Å². The van der Waals surface area contributed by atoms with Gasteiger partial charge in [-0.15, -0.1) is 10.2 Å². The van der Waals surface area contributed by atoms with Gasteiger partial charge in [-0.2, -0.15) is 0 Å². The molecule has 0 unspecified atom stereocenters. The summed E-state index contributed by atoms with van der Waals surface area (Å²) in [5.74, 6) is 2.02. The van der Waals surface area contributed by atoms with Crippen LogP contribution >= 0.6 is 0 Å². The molecule has 34 heavy (non-hydrogen) atoms. The zero-order valence-corrected chi connectivity index (χ0v) is 18.4. The Morgan fingerprint density at radius 2 is 1.62 bits per heavy atom. The minimum Gasteiger partial charge on any atom is -0.338 e. The predicted octanol–water partition coefficient (Wildman–Crippen LogP) is 5.61. The van der Waals surface area contributed by atoms with Crippen molar-refractivity contribution in [1.82, 2.24) is 19.7 Å². The molecule has 0 saturated carbocycles. The number of nitrogens with zero attached hydrogens (tertiary/aromatic N) is 4. The quantitative estimate of drug-likeness (QED) is 0.370. The third kappa shape index (κ3) is 3.40. The fourth-order valence-electron chi connectivity index (χ4n) is 4.07. The van der Waals surface area contributed by atoms with Gasteiger partial charge in [-0.3, -0.25) is 9.36 Å². The number of carbonyl (C=O) groups excluding carboxylic acids is 1. The van der Waals surface area contributed by atoms with E-state index < -0.39 is 0 Å². The Kier molecular flexibility index (Phi) is 4.66. The number of anilines is 3. The molecule has 0 saturated heterocycles. The molecule has 0 aliphatic carbocycles. The molecular weight excluding hydrogens is 424 g/mol. The van der Waals surface area contributed by atoms with Crippen LogP contribution in [0.1, 0.15) is 15.9 Å². The lowest BCUT2D eigenvalue weighted by molar-refractivity contribution is 0.102. The van der Waals surface area contributed by atoms with Gasteiger partial charge < -0.3 is 10.6 Å². The van der Waals surface area contributed by atoms with Crippen LogP contribution in [0.15, 0.2) is 91.1 Å². The van der Waals surface area contributed by atoms with Crippen molar-refractivity contribution >= 4 is 23.1 Å². The number of fused-ring (bicyclic) bond motifs is 5. The molecule has 0 fully saturated rings. The molecule has 1 aliphatic heterocycles. The summed E-state index contributed by atoms with van der Waals surface area (Å²) in [4.78, 5) is 17.1. The second-order valence-corrected chi connectivity index (χ2v) is 8.12. The summed E-state index contributed by atoms with van der Waals surface area (Å²) in [5, 5.41) is 15.4. The fraction of sp³-hybridized carbons (Fsp3) is 0.0370. The number of para-hydroxylation sites is 1. The summed E-state index contributed by atoms with van der Waals surface area (Å²) in [6.07, 6.45) is 1.76. The number of nitrogens with one attached hydrogen (secondary N) is 2. The van der Waals surface area contributed by atoms with Crippen molar-refractivity contribution in [2.24, 2.45) is 0 Å². The number of carbonyl (C=O) groups is 1. The minimum absolute atomic E-state index is 0.147. The van der Waals surface area contributed by atoms with Gasteiger partial charge in [0.25, 0.3) is 5.91 Å². The van der Waals surface area contributed by atoms with Crippen molar-refractivity contribution in [3.05, 3.63) is 102 Å². The maximum absolute atomic E-state index is 12.6. The largest absolute Gasteiger partial charge is 0.338 e. The lowest BCUT2D eigenvalue weighted by atomic mass is 10.1. The topological polar surface area (TPSA) is 84.7 Å². The first-order valence-electron chi connectivity index (χ1n) is 10.9. The molecule has 2 N–H and O–H groups in total. The minimum atomic E-state index is -0.147. The zero-order valence-electron chi connectivity index (χ0n) is 18.4. The summed E-state index contributed by atoms with van der Waals surface area (Å²) in [6, 6.07) is 27.0. The number of pyridine rings is 1. The summed E-state index contributed by atoms with van der Waals surface area (Å²) < 4.78 is 2.01. The number of rotatable bonds is 3. The van der Waals surface area contributed by atoms with Crippen LogP contribution in [0.3, 0.4) is 0 Å². The predicted molar refractivity (Wildman–Crippen MR) is 132 cm³/mol. The van der Waals surface area contributed by atoms with E-state index in [1.54, 1.807) is 6.20 Å². The molecule has 164 valence electrons. The van der Waals surface area contributed by atoms with Crippen LogP contribution in [0.5, 0.6) is 0 Å². The van der Waals surface area contributed by atoms with Crippen LogP contribution in [-0.4, -0.2) is 25.7 Å². The normalized spacial score (nSPS) is 11.4. The first-order valence-corrected chi connectivity index (χ1v) is 10.9. The van der Waals surface area contributed by atoms with Gasteiger partial charge in [-0.05, 0) is 67.6 Å². The maximum Gasteiger partial charge on any atom is 0.255 e. The number of aromatic nitrogens is 4. The Morgan fingerprint density at radius 3 is 2.44 bits per heavy atom. The van der Waals surface area contributed by atoms with Crippen molar-refractivity contribution in [3.8, 4) is 28.5 Å². The first kappa shape index (κ1) is 19.9. The van der Waals surface area contributed by atoms with Gasteiger partial charge in [0, 0.05) is 28.6 Å². The molecule has 3 aromatic carbocycles. The standard InChI is InChI=1S/C27H20N6O/c1-17-8-10-19(11-9-17)27(34)29-20-14-12-18(13-15-20)25-31-32-26-21-5-2-3-6-22(21)30-24-23(33(25)26)7-4-16-28-24/h2-16H,1H3,(H,28,30)(H,29,34). The Labute approximate surface area is 196 Å². The molecule has 0 atom stereocenters. The smallest absolute Gasteiger partial charge is 0.255 e. The van der Waals surface area contributed by atoms with Crippen LogP contribution in [-0.2, 0) is 0 Å². The second kappa shape index (κ2) is 7.97. The average molecular weight is 444 g/mol. The highest BCUT2D eigenvalue weighted by Gasteiger charge is 2.24. The molecule has 0 spiro atoms. The van der Waals surface area contributed by atoms with Gasteiger partial charge in [0.15, 0.2) is 17.5 Å². The van der Waals surface area contributed by atoms with E-state index in [1.165, 1.54) is 0 Å². The van der Waals surface area contributed by atoms with E-state index in [0.29, 0.717) is 17.1 Å². The SMILES string of the molecule is Cc1ccc(C(=O)Nc2ccc(-c3nnc4n3-c3cccnc3Nc3ccccc3-4)cc2)cc1. The number of amides is 1. The monoisotopic (exact) mass is 444 g/mol.